The average molecular weight is 175 g/mol. The Balaban J connectivity index is 2.31. The highest BCUT2D eigenvalue weighted by molar-refractivity contribution is 5.18. The summed E-state index contributed by atoms with van der Waals surface area (Å²) in [6.45, 7) is 3.21. The molecule has 0 spiro atoms. The molecule has 0 amide bonds. The molecule has 1 aliphatic rings. The number of benzene rings is 1. The summed E-state index contributed by atoms with van der Waals surface area (Å²) in [5.41, 5.74) is 1.37. The van der Waals surface area contributed by atoms with Gasteiger partial charge in [-0.2, -0.15) is 0 Å². The van der Waals surface area contributed by atoms with E-state index >= 15 is 0 Å². The van der Waals surface area contributed by atoms with Gasteiger partial charge in [0, 0.05) is 5.56 Å². The fourth-order valence-corrected chi connectivity index (χ4v) is 2.01. The van der Waals surface area contributed by atoms with Crippen LogP contribution in [0.15, 0.2) is 35.4 Å². The standard InChI is InChI=1S/C11H15N2/c1-9-8-12-13(2)11(9)10-6-4-3-5-7-10/h3-7,9,11H,8H2,1-2H3/q+1. The number of hydrogen-bond acceptors (Lipinski definition) is 1. The molecule has 0 bridgehead atoms. The molecule has 2 rings (SSSR count). The van der Waals surface area contributed by atoms with Gasteiger partial charge in [0.2, 0.25) is 6.04 Å². The van der Waals surface area contributed by atoms with Crippen molar-refractivity contribution in [3.63, 3.8) is 0 Å². The molecule has 2 unspecified atom stereocenters. The van der Waals surface area contributed by atoms with Gasteiger partial charge in [0.05, 0.1) is 5.92 Å². The molecule has 0 saturated heterocycles. The molecule has 1 aromatic rings. The largest absolute Gasteiger partial charge is 0.207 e. The maximum Gasteiger partial charge on any atom is 0.207 e. The van der Waals surface area contributed by atoms with Crippen LogP contribution in [0.4, 0.5) is 0 Å². The molecule has 1 heterocycles. The van der Waals surface area contributed by atoms with Gasteiger partial charge in [-0.3, -0.25) is 0 Å². The highest BCUT2D eigenvalue weighted by Gasteiger charge is 2.33. The van der Waals surface area contributed by atoms with Crippen molar-refractivity contribution < 1.29 is 4.70 Å². The maximum atomic E-state index is 4.41. The third-order valence-electron chi connectivity index (χ3n) is 2.68. The van der Waals surface area contributed by atoms with E-state index in [1.165, 1.54) is 5.56 Å². The Hall–Kier alpha value is -1.18. The summed E-state index contributed by atoms with van der Waals surface area (Å²) in [6.07, 6.45) is 0. The second-order valence-corrected chi connectivity index (χ2v) is 3.73. The van der Waals surface area contributed by atoms with Gasteiger partial charge in [0.25, 0.3) is 0 Å². The minimum atomic E-state index is 0.473. The lowest BCUT2D eigenvalue weighted by atomic mass is 9.96. The van der Waals surface area contributed by atoms with Gasteiger partial charge in [-0.25, -0.2) is 0 Å². The SMILES string of the molecule is CC1CN=[N+](C)C1c1ccccc1. The molecule has 0 radical (unpaired) electrons. The highest BCUT2D eigenvalue weighted by Crippen LogP contribution is 2.29. The van der Waals surface area contributed by atoms with E-state index in [2.05, 4.69) is 54.1 Å². The summed E-state index contributed by atoms with van der Waals surface area (Å²) in [4.78, 5) is 0. The smallest absolute Gasteiger partial charge is 0.123 e. The predicted molar refractivity (Wildman–Crippen MR) is 51.8 cm³/mol. The summed E-state index contributed by atoms with van der Waals surface area (Å²) in [6, 6.07) is 11.1. The first kappa shape index (κ1) is 8.42. The number of rotatable bonds is 1. The molecule has 68 valence electrons. The number of azo groups is 2. The van der Waals surface area contributed by atoms with E-state index in [1.54, 1.807) is 0 Å². The van der Waals surface area contributed by atoms with Crippen LogP contribution >= 0.6 is 0 Å². The van der Waals surface area contributed by atoms with E-state index in [0.29, 0.717) is 12.0 Å². The van der Waals surface area contributed by atoms with E-state index in [4.69, 9.17) is 0 Å². The summed E-state index contributed by atoms with van der Waals surface area (Å²) < 4.78 is 2.08. The quantitative estimate of drug-likeness (QED) is 0.583. The lowest BCUT2D eigenvalue weighted by Gasteiger charge is -2.09. The van der Waals surface area contributed by atoms with E-state index in [0.717, 1.165) is 6.54 Å². The topological polar surface area (TPSA) is 15.4 Å². The molecule has 13 heavy (non-hydrogen) atoms. The first-order chi connectivity index (χ1) is 6.29. The molecule has 2 nitrogen and oxygen atoms in total. The minimum absolute atomic E-state index is 0.473. The average Bonchev–Trinajstić information content (AvgIpc) is 2.48. The van der Waals surface area contributed by atoms with Gasteiger partial charge in [0.1, 0.15) is 6.54 Å². The van der Waals surface area contributed by atoms with Gasteiger partial charge >= 0.3 is 0 Å². The second-order valence-electron chi connectivity index (χ2n) is 3.73. The van der Waals surface area contributed by atoms with Crippen LogP contribution in [0.5, 0.6) is 0 Å². The third kappa shape index (κ3) is 1.48. The van der Waals surface area contributed by atoms with E-state index in [1.807, 2.05) is 0 Å². The molecule has 0 aromatic heterocycles. The van der Waals surface area contributed by atoms with Crippen molar-refractivity contribution in [2.75, 3.05) is 13.6 Å². The van der Waals surface area contributed by atoms with Crippen molar-refractivity contribution in [1.29, 1.82) is 0 Å². The van der Waals surface area contributed by atoms with Gasteiger partial charge in [-0.15, -0.1) is 4.70 Å². The molecule has 1 aliphatic heterocycles. The van der Waals surface area contributed by atoms with Crippen LogP contribution in [0.1, 0.15) is 18.5 Å². The first-order valence-electron chi connectivity index (χ1n) is 4.74. The minimum Gasteiger partial charge on any atom is -0.123 e. The lowest BCUT2D eigenvalue weighted by molar-refractivity contribution is -0.598. The monoisotopic (exact) mass is 175 g/mol. The Bertz CT molecular complexity index is 316. The molecule has 1 aromatic carbocycles. The van der Waals surface area contributed by atoms with E-state index in [-0.39, 0.29) is 0 Å². The van der Waals surface area contributed by atoms with Crippen LogP contribution in [0.25, 0.3) is 0 Å². The molecule has 2 heteroatoms. The van der Waals surface area contributed by atoms with Gasteiger partial charge in [0.15, 0.2) is 7.05 Å². The molecular weight excluding hydrogens is 160 g/mol. The Morgan fingerprint density at radius 2 is 2.00 bits per heavy atom. The summed E-state index contributed by atoms with van der Waals surface area (Å²) in [5.74, 6) is 0.632. The first-order valence-corrected chi connectivity index (χ1v) is 4.74. The Morgan fingerprint density at radius 1 is 1.31 bits per heavy atom. The van der Waals surface area contributed by atoms with E-state index in [9.17, 15) is 0 Å². The Morgan fingerprint density at radius 3 is 2.54 bits per heavy atom. The molecule has 0 fully saturated rings. The van der Waals surface area contributed by atoms with Crippen LogP contribution in [0.2, 0.25) is 0 Å². The molecule has 0 N–H and O–H groups in total. The summed E-state index contributed by atoms with van der Waals surface area (Å²) in [7, 11) is 2.06. The van der Waals surface area contributed by atoms with Crippen LogP contribution in [0.3, 0.4) is 0 Å². The zero-order valence-corrected chi connectivity index (χ0v) is 8.14. The molecule has 0 saturated carbocycles. The highest BCUT2D eigenvalue weighted by atomic mass is 15.3. The van der Waals surface area contributed by atoms with Gasteiger partial charge in [-0.1, -0.05) is 37.3 Å². The Labute approximate surface area is 78.9 Å². The number of nitrogens with zero attached hydrogens (tertiary/aromatic N) is 2. The summed E-state index contributed by atoms with van der Waals surface area (Å²) in [5, 5.41) is 4.41. The van der Waals surface area contributed by atoms with Crippen LogP contribution in [-0.2, 0) is 0 Å². The molecule has 0 aliphatic carbocycles. The Kier molecular flexibility index (Phi) is 2.13. The van der Waals surface area contributed by atoms with Crippen LogP contribution < -0.4 is 0 Å². The number of hydrogen-bond donors (Lipinski definition) is 0. The zero-order valence-electron chi connectivity index (χ0n) is 8.14. The normalized spacial score (nSPS) is 27.4. The summed E-state index contributed by atoms with van der Waals surface area (Å²) >= 11 is 0. The van der Waals surface area contributed by atoms with Crippen molar-refractivity contribution in [3.8, 4) is 0 Å². The van der Waals surface area contributed by atoms with Crippen molar-refractivity contribution >= 4 is 0 Å². The second kappa shape index (κ2) is 3.29. The van der Waals surface area contributed by atoms with Crippen molar-refractivity contribution in [1.82, 2.24) is 0 Å². The van der Waals surface area contributed by atoms with Crippen LogP contribution in [0, 0.1) is 5.92 Å². The van der Waals surface area contributed by atoms with Crippen molar-refractivity contribution in [2.45, 2.75) is 13.0 Å². The zero-order chi connectivity index (χ0) is 9.26. The van der Waals surface area contributed by atoms with Gasteiger partial charge in [-0.05, 0) is 5.11 Å². The third-order valence-corrected chi connectivity index (χ3v) is 2.68. The van der Waals surface area contributed by atoms with Crippen molar-refractivity contribution in [3.05, 3.63) is 35.9 Å². The fraction of sp³-hybridized carbons (Fsp3) is 0.455. The van der Waals surface area contributed by atoms with Gasteiger partial charge < -0.3 is 0 Å². The maximum absolute atomic E-state index is 4.41. The predicted octanol–water partition coefficient (Wildman–Crippen LogP) is 2.47. The lowest BCUT2D eigenvalue weighted by Crippen LogP contribution is -2.14. The molecular formula is C11H15N2+. The van der Waals surface area contributed by atoms with Crippen LogP contribution in [-0.4, -0.2) is 18.3 Å². The molecule has 2 atom stereocenters. The fourth-order valence-electron chi connectivity index (χ4n) is 2.01. The van der Waals surface area contributed by atoms with E-state index < -0.39 is 0 Å². The van der Waals surface area contributed by atoms with Crippen molar-refractivity contribution in [2.24, 2.45) is 11.0 Å².